The van der Waals surface area contributed by atoms with Crippen molar-refractivity contribution in [2.75, 3.05) is 25.5 Å². The molecule has 2 unspecified atom stereocenters. The van der Waals surface area contributed by atoms with Crippen LogP contribution in [0.25, 0.3) is 5.82 Å². The van der Waals surface area contributed by atoms with E-state index in [0.717, 1.165) is 5.69 Å². The van der Waals surface area contributed by atoms with Crippen molar-refractivity contribution >= 4 is 23.4 Å². The number of halogens is 2. The minimum Gasteiger partial charge on any atom is -0.376 e. The van der Waals surface area contributed by atoms with Crippen LogP contribution < -0.4 is 5.32 Å². The summed E-state index contributed by atoms with van der Waals surface area (Å²) in [6.45, 7) is 5.89. The van der Waals surface area contributed by atoms with Crippen molar-refractivity contribution in [2.24, 2.45) is 4.99 Å². The van der Waals surface area contributed by atoms with E-state index in [0.29, 0.717) is 53.5 Å². The number of nitrogens with one attached hydrogen (secondary N) is 1. The van der Waals surface area contributed by atoms with Crippen LogP contribution in [0.4, 0.5) is 20.2 Å². The average molecular weight is 491 g/mol. The molecule has 1 fully saturated rings. The Kier molecular flexibility index (Phi) is 7.27. The third-order valence-electron chi connectivity index (χ3n) is 6.14. The number of hydrogen-bond donors (Lipinski definition) is 1. The Morgan fingerprint density at radius 2 is 2.08 bits per heavy atom. The summed E-state index contributed by atoms with van der Waals surface area (Å²) in [7, 11) is 1.83. The third kappa shape index (κ3) is 5.34. The second kappa shape index (κ2) is 10.4. The number of aryl methyl sites for hydroxylation is 2. The van der Waals surface area contributed by atoms with Gasteiger partial charge in [0.15, 0.2) is 11.6 Å². The molecule has 2 atom stereocenters. The number of pyridine rings is 1. The first-order valence-electron chi connectivity index (χ1n) is 11.6. The van der Waals surface area contributed by atoms with E-state index in [2.05, 4.69) is 26.3 Å². The van der Waals surface area contributed by atoms with Crippen LogP contribution >= 0.6 is 0 Å². The zero-order chi connectivity index (χ0) is 26.0. The van der Waals surface area contributed by atoms with Crippen molar-refractivity contribution in [3.05, 3.63) is 64.4 Å². The van der Waals surface area contributed by atoms with Gasteiger partial charge in [0.2, 0.25) is 0 Å². The SMILES string of the molecule is C#Cc1cc(C)n(-c2nc(C/C=N\c3cc(NC4CN(C)CC4F)c(F)cc3C)ccc2C(C)=O)n1. The molecule has 0 radical (unpaired) electrons. The summed E-state index contributed by atoms with van der Waals surface area (Å²) in [6.07, 6.45) is 6.44. The number of carbonyl (C=O) groups is 1. The number of hydrogen-bond acceptors (Lipinski definition) is 6. The lowest BCUT2D eigenvalue weighted by Gasteiger charge is -2.17. The van der Waals surface area contributed by atoms with Crippen molar-refractivity contribution in [3.63, 3.8) is 0 Å². The van der Waals surface area contributed by atoms with Crippen molar-refractivity contribution in [1.82, 2.24) is 19.7 Å². The number of Topliss-reactive ketones (excluding diaryl/α,β-unsaturated/α-hetero) is 1. The van der Waals surface area contributed by atoms with E-state index in [9.17, 15) is 13.6 Å². The van der Waals surface area contributed by atoms with E-state index in [1.165, 1.54) is 13.0 Å². The van der Waals surface area contributed by atoms with Gasteiger partial charge in [-0.05, 0) is 69.6 Å². The highest BCUT2D eigenvalue weighted by Gasteiger charge is 2.31. The smallest absolute Gasteiger partial charge is 0.164 e. The van der Waals surface area contributed by atoms with Crippen LogP contribution in [0.15, 0.2) is 35.3 Å². The van der Waals surface area contributed by atoms with Gasteiger partial charge in [0, 0.05) is 37.1 Å². The number of alkyl halides is 1. The van der Waals surface area contributed by atoms with Gasteiger partial charge in [-0.1, -0.05) is 0 Å². The van der Waals surface area contributed by atoms with Gasteiger partial charge in [-0.25, -0.2) is 18.4 Å². The van der Waals surface area contributed by atoms with Crippen LogP contribution in [0.3, 0.4) is 0 Å². The molecule has 1 aromatic carbocycles. The molecule has 3 aromatic rings. The number of benzene rings is 1. The number of aromatic nitrogens is 3. The van der Waals surface area contributed by atoms with Gasteiger partial charge in [0.25, 0.3) is 0 Å². The fourth-order valence-electron chi connectivity index (χ4n) is 4.23. The molecule has 0 saturated carbocycles. The molecule has 186 valence electrons. The van der Waals surface area contributed by atoms with Gasteiger partial charge in [-0.15, -0.1) is 6.42 Å². The van der Waals surface area contributed by atoms with Crippen molar-refractivity contribution in [3.8, 4) is 18.2 Å². The first kappa shape index (κ1) is 25.2. The van der Waals surface area contributed by atoms with Crippen LogP contribution in [0.5, 0.6) is 0 Å². The summed E-state index contributed by atoms with van der Waals surface area (Å²) in [5.41, 5.74) is 3.76. The van der Waals surface area contributed by atoms with E-state index < -0.39 is 18.0 Å². The predicted molar refractivity (Wildman–Crippen MR) is 137 cm³/mol. The molecule has 1 N–H and O–H groups in total. The molecule has 1 saturated heterocycles. The second-order valence-electron chi connectivity index (χ2n) is 9.08. The molecule has 0 bridgehead atoms. The van der Waals surface area contributed by atoms with Gasteiger partial charge >= 0.3 is 0 Å². The zero-order valence-corrected chi connectivity index (χ0v) is 20.7. The Bertz CT molecular complexity index is 1370. The Balaban J connectivity index is 1.57. The third-order valence-corrected chi connectivity index (χ3v) is 6.14. The number of carbonyl (C=O) groups excluding carboxylic acids is 1. The molecule has 7 nitrogen and oxygen atoms in total. The van der Waals surface area contributed by atoms with Crippen LogP contribution in [-0.4, -0.2) is 64.0 Å². The van der Waals surface area contributed by atoms with Crippen molar-refractivity contribution in [2.45, 2.75) is 39.4 Å². The van der Waals surface area contributed by atoms with E-state index in [1.54, 1.807) is 42.1 Å². The second-order valence-corrected chi connectivity index (χ2v) is 9.08. The van der Waals surface area contributed by atoms with Crippen molar-refractivity contribution < 1.29 is 13.6 Å². The number of aliphatic imine (C=N–C) groups is 1. The molecule has 3 heterocycles. The van der Waals surface area contributed by atoms with Crippen LogP contribution in [0.1, 0.15) is 39.9 Å². The summed E-state index contributed by atoms with van der Waals surface area (Å²) < 4.78 is 30.3. The minimum absolute atomic E-state index is 0.138. The highest BCUT2D eigenvalue weighted by Crippen LogP contribution is 2.28. The number of nitrogens with zero attached hydrogens (tertiary/aromatic N) is 5. The van der Waals surface area contributed by atoms with E-state index >= 15 is 0 Å². The summed E-state index contributed by atoms with van der Waals surface area (Å²) in [4.78, 5) is 23.2. The Hall–Kier alpha value is -3.90. The van der Waals surface area contributed by atoms with E-state index in [-0.39, 0.29) is 11.5 Å². The summed E-state index contributed by atoms with van der Waals surface area (Å²) >= 11 is 0. The number of likely N-dealkylation sites (N-methyl/N-ethyl adjacent to an activating group) is 1. The monoisotopic (exact) mass is 490 g/mol. The zero-order valence-electron chi connectivity index (χ0n) is 20.7. The highest BCUT2D eigenvalue weighted by atomic mass is 19.1. The molecule has 1 aliphatic rings. The van der Waals surface area contributed by atoms with Crippen LogP contribution in [0.2, 0.25) is 0 Å². The highest BCUT2D eigenvalue weighted by molar-refractivity contribution is 5.97. The van der Waals surface area contributed by atoms with Crippen molar-refractivity contribution in [1.29, 1.82) is 0 Å². The van der Waals surface area contributed by atoms with Gasteiger partial charge in [-0.3, -0.25) is 9.79 Å². The molecule has 2 aromatic heterocycles. The lowest BCUT2D eigenvalue weighted by molar-refractivity contribution is 0.101. The van der Waals surface area contributed by atoms with Gasteiger partial charge in [0.05, 0.1) is 23.0 Å². The first-order chi connectivity index (χ1) is 17.2. The quantitative estimate of drug-likeness (QED) is 0.305. The van der Waals surface area contributed by atoms with Crippen LogP contribution in [0, 0.1) is 32.0 Å². The molecule has 0 amide bonds. The molecule has 9 heteroatoms. The standard InChI is InChI=1S/C27H28F2N6O/c1-6-19-12-17(3)35(33-19)27-21(18(4)36)8-7-20(31-27)9-10-30-24-13-25(22(28)11-16(24)2)32-26-15-34(5)14-23(26)29/h1,7-8,10-13,23,26,32H,9,14-15H2,2-5H3/b30-10-. The lowest BCUT2D eigenvalue weighted by Crippen LogP contribution is -2.29. The molecular weight excluding hydrogens is 462 g/mol. The predicted octanol–water partition coefficient (Wildman–Crippen LogP) is 4.22. The normalized spacial score (nSPS) is 18.0. The topological polar surface area (TPSA) is 75.4 Å². The van der Waals surface area contributed by atoms with Crippen LogP contribution in [-0.2, 0) is 6.42 Å². The number of likely N-dealkylation sites (tertiary alicyclic amines) is 1. The maximum absolute atomic E-state index is 14.6. The molecule has 0 spiro atoms. The summed E-state index contributed by atoms with van der Waals surface area (Å²) in [5.74, 6) is 2.31. The molecule has 0 aliphatic carbocycles. The molecular formula is C27H28F2N6O. The molecule has 36 heavy (non-hydrogen) atoms. The van der Waals surface area contributed by atoms with E-state index in [4.69, 9.17) is 6.42 Å². The fourth-order valence-corrected chi connectivity index (χ4v) is 4.23. The largest absolute Gasteiger partial charge is 0.376 e. The fraction of sp³-hybridized carbons (Fsp3) is 0.333. The summed E-state index contributed by atoms with van der Waals surface area (Å²) in [5, 5.41) is 7.34. The maximum atomic E-state index is 14.6. The van der Waals surface area contributed by atoms with Gasteiger partial charge < -0.3 is 10.2 Å². The number of ketones is 1. The molecule has 1 aliphatic heterocycles. The molecule has 4 rings (SSSR count). The number of terminal acetylenes is 1. The Morgan fingerprint density at radius 3 is 2.72 bits per heavy atom. The average Bonchev–Trinajstić information content (AvgIpc) is 3.36. The Labute approximate surface area is 209 Å². The lowest BCUT2D eigenvalue weighted by atomic mass is 10.1. The maximum Gasteiger partial charge on any atom is 0.164 e. The summed E-state index contributed by atoms with van der Waals surface area (Å²) in [6, 6.07) is 7.72. The van der Waals surface area contributed by atoms with Gasteiger partial charge in [-0.2, -0.15) is 5.10 Å². The minimum atomic E-state index is -1.07. The first-order valence-corrected chi connectivity index (χ1v) is 11.6. The number of anilines is 1. The number of rotatable bonds is 7. The van der Waals surface area contributed by atoms with Gasteiger partial charge in [0.1, 0.15) is 17.7 Å². The Morgan fingerprint density at radius 1 is 1.31 bits per heavy atom. The van der Waals surface area contributed by atoms with E-state index in [1.807, 2.05) is 18.9 Å².